The number of rotatable bonds is 1. The van der Waals surface area contributed by atoms with Gasteiger partial charge in [-0.2, -0.15) is 13.2 Å². The van der Waals surface area contributed by atoms with Crippen LogP contribution < -0.4 is 4.74 Å². The van der Waals surface area contributed by atoms with Gasteiger partial charge in [0, 0.05) is 0 Å². The highest BCUT2D eigenvalue weighted by Gasteiger charge is 2.34. The van der Waals surface area contributed by atoms with Gasteiger partial charge < -0.3 is 4.74 Å². The fraction of sp³-hybridized carbons (Fsp3) is 0.250. The topological polar surface area (TPSA) is 9.23 Å². The Morgan fingerprint density at radius 3 is 2.31 bits per heavy atom. The van der Waals surface area contributed by atoms with Crippen molar-refractivity contribution in [3.8, 4) is 5.75 Å². The quantitative estimate of drug-likeness (QED) is 0.691. The van der Waals surface area contributed by atoms with Crippen molar-refractivity contribution in [2.45, 2.75) is 6.18 Å². The van der Waals surface area contributed by atoms with Gasteiger partial charge in [0.25, 0.3) is 0 Å². The number of hydrogen-bond donors (Lipinski definition) is 0. The summed E-state index contributed by atoms with van der Waals surface area (Å²) in [5.74, 6) is -0.336. The van der Waals surface area contributed by atoms with Crippen molar-refractivity contribution in [1.29, 1.82) is 0 Å². The second-order valence-corrected chi connectivity index (χ2v) is 2.73. The lowest BCUT2D eigenvalue weighted by molar-refractivity contribution is -0.138. The van der Waals surface area contributed by atoms with E-state index in [9.17, 15) is 13.2 Å². The standard InChI is InChI=1S/C8H6ClF3O/c1-13-7-5(8(10,11)12)3-2-4-6(7)9/h2-4H,1H3. The van der Waals surface area contributed by atoms with Crippen LogP contribution in [0.4, 0.5) is 13.2 Å². The maximum absolute atomic E-state index is 12.3. The Kier molecular flexibility index (Phi) is 2.71. The van der Waals surface area contributed by atoms with Crippen LogP contribution in [-0.2, 0) is 6.18 Å². The van der Waals surface area contributed by atoms with E-state index in [1.807, 2.05) is 0 Å². The number of benzene rings is 1. The Balaban J connectivity index is 3.29. The molecular weight excluding hydrogens is 205 g/mol. The molecule has 0 atom stereocenters. The number of hydrogen-bond acceptors (Lipinski definition) is 1. The molecule has 0 amide bonds. The largest absolute Gasteiger partial charge is 0.495 e. The zero-order valence-electron chi connectivity index (χ0n) is 6.65. The van der Waals surface area contributed by atoms with E-state index in [1.54, 1.807) is 0 Å². The minimum absolute atomic E-state index is 0.0441. The third kappa shape index (κ3) is 2.06. The summed E-state index contributed by atoms with van der Waals surface area (Å²) in [5, 5.41) is -0.0441. The Labute approximate surface area is 78.1 Å². The fourth-order valence-corrected chi connectivity index (χ4v) is 1.19. The van der Waals surface area contributed by atoms with E-state index in [4.69, 9.17) is 11.6 Å². The number of halogens is 4. The molecule has 0 bridgehead atoms. The molecule has 0 unspecified atom stereocenters. The van der Waals surface area contributed by atoms with Gasteiger partial charge in [-0.1, -0.05) is 17.7 Å². The molecule has 0 radical (unpaired) electrons. The van der Waals surface area contributed by atoms with E-state index in [0.717, 1.165) is 13.2 Å². The van der Waals surface area contributed by atoms with E-state index in [2.05, 4.69) is 4.74 Å². The zero-order chi connectivity index (χ0) is 10.1. The van der Waals surface area contributed by atoms with Crippen LogP contribution in [-0.4, -0.2) is 7.11 Å². The summed E-state index contributed by atoms with van der Waals surface area (Å²) in [4.78, 5) is 0. The molecule has 1 rings (SSSR count). The number of methoxy groups -OCH3 is 1. The van der Waals surface area contributed by atoms with Gasteiger partial charge in [0.2, 0.25) is 0 Å². The number of para-hydroxylation sites is 1. The normalized spacial score (nSPS) is 11.5. The predicted molar refractivity (Wildman–Crippen MR) is 43.0 cm³/mol. The van der Waals surface area contributed by atoms with Crippen molar-refractivity contribution in [1.82, 2.24) is 0 Å². The molecule has 13 heavy (non-hydrogen) atoms. The average Bonchev–Trinajstić information content (AvgIpc) is 2.02. The van der Waals surface area contributed by atoms with Crippen LogP contribution in [0.5, 0.6) is 5.75 Å². The Hall–Kier alpha value is -0.900. The fourth-order valence-electron chi connectivity index (χ4n) is 0.940. The van der Waals surface area contributed by atoms with Crippen LogP contribution in [0.1, 0.15) is 5.56 Å². The van der Waals surface area contributed by atoms with Crippen molar-refractivity contribution in [3.05, 3.63) is 28.8 Å². The van der Waals surface area contributed by atoms with Gasteiger partial charge >= 0.3 is 6.18 Å². The van der Waals surface area contributed by atoms with E-state index in [-0.39, 0.29) is 10.8 Å². The predicted octanol–water partition coefficient (Wildman–Crippen LogP) is 3.37. The van der Waals surface area contributed by atoms with E-state index >= 15 is 0 Å². The Bertz CT molecular complexity index is 309. The first-order valence-electron chi connectivity index (χ1n) is 3.36. The first-order valence-corrected chi connectivity index (χ1v) is 3.74. The molecule has 0 aliphatic heterocycles. The van der Waals surface area contributed by atoms with E-state index < -0.39 is 11.7 Å². The molecule has 0 saturated heterocycles. The molecular formula is C8H6ClF3O. The van der Waals surface area contributed by atoms with Gasteiger partial charge in [-0.05, 0) is 12.1 Å². The third-order valence-electron chi connectivity index (χ3n) is 1.48. The molecule has 0 saturated carbocycles. The van der Waals surface area contributed by atoms with Crippen molar-refractivity contribution in [2.75, 3.05) is 7.11 Å². The molecule has 0 heterocycles. The molecule has 1 aromatic rings. The highest BCUT2D eigenvalue weighted by Crippen LogP contribution is 2.39. The zero-order valence-corrected chi connectivity index (χ0v) is 7.41. The molecule has 0 fully saturated rings. The second kappa shape index (κ2) is 3.46. The summed E-state index contributed by atoms with van der Waals surface area (Å²) in [6, 6.07) is 3.49. The maximum Gasteiger partial charge on any atom is 0.420 e. The van der Waals surface area contributed by atoms with Crippen LogP contribution in [0, 0.1) is 0 Å². The van der Waals surface area contributed by atoms with Crippen LogP contribution in [0.15, 0.2) is 18.2 Å². The lowest BCUT2D eigenvalue weighted by Crippen LogP contribution is -2.07. The van der Waals surface area contributed by atoms with Gasteiger partial charge in [0.15, 0.2) is 0 Å². The molecule has 0 aromatic heterocycles. The summed E-state index contributed by atoms with van der Waals surface area (Å²) < 4.78 is 41.4. The first kappa shape index (κ1) is 10.2. The molecule has 0 N–H and O–H groups in total. The Morgan fingerprint density at radius 1 is 1.31 bits per heavy atom. The molecule has 0 aliphatic rings. The monoisotopic (exact) mass is 210 g/mol. The minimum Gasteiger partial charge on any atom is -0.495 e. The maximum atomic E-state index is 12.3. The highest BCUT2D eigenvalue weighted by atomic mass is 35.5. The van der Waals surface area contributed by atoms with E-state index in [0.29, 0.717) is 0 Å². The summed E-state index contributed by atoms with van der Waals surface area (Å²) in [6.07, 6.45) is -4.43. The number of alkyl halides is 3. The molecule has 1 nitrogen and oxygen atoms in total. The molecule has 0 aliphatic carbocycles. The summed E-state index contributed by atoms with van der Waals surface area (Å²) in [7, 11) is 1.15. The smallest absolute Gasteiger partial charge is 0.420 e. The third-order valence-corrected chi connectivity index (χ3v) is 1.77. The minimum atomic E-state index is -4.43. The van der Waals surface area contributed by atoms with Gasteiger partial charge in [-0.15, -0.1) is 0 Å². The van der Waals surface area contributed by atoms with Crippen LogP contribution in [0.25, 0.3) is 0 Å². The number of ether oxygens (including phenoxy) is 1. The van der Waals surface area contributed by atoms with Crippen molar-refractivity contribution < 1.29 is 17.9 Å². The van der Waals surface area contributed by atoms with Gasteiger partial charge in [0.1, 0.15) is 5.75 Å². The van der Waals surface area contributed by atoms with Crippen LogP contribution in [0.2, 0.25) is 5.02 Å². The molecule has 0 spiro atoms. The van der Waals surface area contributed by atoms with Crippen LogP contribution in [0.3, 0.4) is 0 Å². The van der Waals surface area contributed by atoms with Crippen molar-refractivity contribution in [3.63, 3.8) is 0 Å². The summed E-state index contributed by atoms with van der Waals surface area (Å²) >= 11 is 5.51. The Morgan fingerprint density at radius 2 is 1.92 bits per heavy atom. The highest BCUT2D eigenvalue weighted by molar-refractivity contribution is 6.32. The SMILES string of the molecule is COc1c(Cl)cccc1C(F)(F)F. The summed E-state index contributed by atoms with van der Waals surface area (Å²) in [5.41, 5.74) is -0.859. The summed E-state index contributed by atoms with van der Waals surface area (Å²) in [6.45, 7) is 0. The van der Waals surface area contributed by atoms with Gasteiger partial charge in [-0.25, -0.2) is 0 Å². The average molecular weight is 211 g/mol. The second-order valence-electron chi connectivity index (χ2n) is 2.32. The van der Waals surface area contributed by atoms with E-state index in [1.165, 1.54) is 12.1 Å². The molecule has 1 aromatic carbocycles. The first-order chi connectivity index (χ1) is 5.96. The lowest BCUT2D eigenvalue weighted by atomic mass is 10.2. The molecule has 5 heteroatoms. The molecule has 72 valence electrons. The lowest BCUT2D eigenvalue weighted by Gasteiger charge is -2.12. The van der Waals surface area contributed by atoms with Crippen molar-refractivity contribution in [2.24, 2.45) is 0 Å². The van der Waals surface area contributed by atoms with Gasteiger partial charge in [0.05, 0.1) is 17.7 Å². The van der Waals surface area contributed by atoms with Crippen molar-refractivity contribution >= 4 is 11.6 Å². The van der Waals surface area contributed by atoms with Crippen LogP contribution >= 0.6 is 11.6 Å². The van der Waals surface area contributed by atoms with Gasteiger partial charge in [-0.3, -0.25) is 0 Å².